The molecule has 1 atom stereocenters. The maximum Gasteiger partial charge on any atom is 0.410 e. The van der Waals surface area contributed by atoms with E-state index in [4.69, 9.17) is 4.74 Å². The van der Waals surface area contributed by atoms with Gasteiger partial charge in [0.25, 0.3) is 0 Å². The second kappa shape index (κ2) is 7.20. The molecule has 4 heteroatoms. The number of hydrogen-bond donors (Lipinski definition) is 0. The molecule has 1 fully saturated rings. The highest BCUT2D eigenvalue weighted by atomic mass is 79.9. The molecule has 0 bridgehead atoms. The van der Waals surface area contributed by atoms with E-state index >= 15 is 0 Å². The van der Waals surface area contributed by atoms with E-state index in [0.717, 1.165) is 31.1 Å². The predicted octanol–water partition coefficient (Wildman–Crippen LogP) is 5.18. The van der Waals surface area contributed by atoms with Crippen molar-refractivity contribution in [2.24, 2.45) is 0 Å². The van der Waals surface area contributed by atoms with Crippen LogP contribution in [0.15, 0.2) is 48.5 Å². The zero-order valence-electron chi connectivity index (χ0n) is 14.2. The van der Waals surface area contributed by atoms with Crippen LogP contribution in [0, 0.1) is 0 Å². The van der Waals surface area contributed by atoms with Gasteiger partial charge in [0.2, 0.25) is 0 Å². The van der Waals surface area contributed by atoms with Gasteiger partial charge in [-0.15, -0.1) is 0 Å². The van der Waals surface area contributed by atoms with E-state index in [2.05, 4.69) is 64.5 Å². The van der Waals surface area contributed by atoms with Crippen molar-refractivity contribution in [3.05, 3.63) is 59.7 Å². The third-order valence-corrected chi connectivity index (χ3v) is 5.85. The van der Waals surface area contributed by atoms with Crippen LogP contribution >= 0.6 is 15.9 Å². The smallest absolute Gasteiger partial charge is 0.410 e. The number of hydrogen-bond acceptors (Lipinski definition) is 2. The molecule has 0 spiro atoms. The summed E-state index contributed by atoms with van der Waals surface area (Å²) in [4.78, 5) is 14.5. The predicted molar refractivity (Wildman–Crippen MR) is 103 cm³/mol. The molecule has 0 aromatic heterocycles. The molecule has 1 heterocycles. The fourth-order valence-electron chi connectivity index (χ4n) is 4.18. The van der Waals surface area contributed by atoms with Crippen molar-refractivity contribution in [1.82, 2.24) is 4.90 Å². The summed E-state index contributed by atoms with van der Waals surface area (Å²) in [5.74, 6) is 0.133. The van der Waals surface area contributed by atoms with Gasteiger partial charge in [-0.25, -0.2) is 4.79 Å². The van der Waals surface area contributed by atoms with E-state index in [1.54, 1.807) is 0 Å². The van der Waals surface area contributed by atoms with Gasteiger partial charge in [0.15, 0.2) is 0 Å². The van der Waals surface area contributed by atoms with Gasteiger partial charge in [0, 0.05) is 23.8 Å². The number of amides is 1. The summed E-state index contributed by atoms with van der Waals surface area (Å²) in [6, 6.07) is 17.2. The van der Waals surface area contributed by atoms with Crippen LogP contribution < -0.4 is 0 Å². The summed E-state index contributed by atoms with van der Waals surface area (Å²) in [5, 5.41) is 0.921. The van der Waals surface area contributed by atoms with Gasteiger partial charge < -0.3 is 9.64 Å². The van der Waals surface area contributed by atoms with Crippen molar-refractivity contribution in [1.29, 1.82) is 0 Å². The molecule has 130 valence electrons. The van der Waals surface area contributed by atoms with E-state index in [1.807, 2.05) is 4.90 Å². The number of alkyl halides is 1. The minimum atomic E-state index is -0.162. The topological polar surface area (TPSA) is 29.5 Å². The van der Waals surface area contributed by atoms with Gasteiger partial charge in [-0.3, -0.25) is 0 Å². The molecule has 1 saturated heterocycles. The maximum atomic E-state index is 12.6. The van der Waals surface area contributed by atoms with Crippen molar-refractivity contribution >= 4 is 22.0 Å². The number of ether oxygens (including phenoxy) is 1. The average molecular weight is 400 g/mol. The number of carbonyl (C=O) groups excluding carboxylic acids is 1. The third kappa shape index (κ3) is 3.08. The van der Waals surface area contributed by atoms with Crippen LogP contribution in [0.1, 0.15) is 36.3 Å². The first-order chi connectivity index (χ1) is 12.3. The first-order valence-corrected chi connectivity index (χ1v) is 10.1. The molecule has 1 aliphatic heterocycles. The van der Waals surface area contributed by atoms with Crippen LogP contribution in [0.5, 0.6) is 0 Å². The lowest BCUT2D eigenvalue weighted by atomic mass is 9.98. The molecule has 3 nitrogen and oxygen atoms in total. The number of carbonyl (C=O) groups is 1. The Morgan fingerprint density at radius 1 is 1.08 bits per heavy atom. The van der Waals surface area contributed by atoms with Crippen molar-refractivity contribution in [3.63, 3.8) is 0 Å². The minimum Gasteiger partial charge on any atom is -0.448 e. The van der Waals surface area contributed by atoms with Gasteiger partial charge in [-0.05, 0) is 41.5 Å². The quantitative estimate of drug-likeness (QED) is 0.662. The Balaban J connectivity index is 1.51. The Labute approximate surface area is 157 Å². The van der Waals surface area contributed by atoms with E-state index in [-0.39, 0.29) is 12.0 Å². The summed E-state index contributed by atoms with van der Waals surface area (Å²) >= 11 is 3.49. The van der Waals surface area contributed by atoms with Crippen LogP contribution in [0.3, 0.4) is 0 Å². The summed E-state index contributed by atoms with van der Waals surface area (Å²) in [6.07, 6.45) is 2.98. The Bertz CT molecular complexity index is 730. The Morgan fingerprint density at radius 2 is 1.72 bits per heavy atom. The summed E-state index contributed by atoms with van der Waals surface area (Å²) in [7, 11) is 0. The molecule has 0 saturated carbocycles. The lowest BCUT2D eigenvalue weighted by molar-refractivity contribution is 0.0952. The van der Waals surface area contributed by atoms with Crippen molar-refractivity contribution in [2.75, 3.05) is 18.5 Å². The van der Waals surface area contributed by atoms with Gasteiger partial charge >= 0.3 is 6.09 Å². The normalized spacial score (nSPS) is 18.9. The number of nitrogens with zero attached hydrogens (tertiary/aromatic N) is 1. The number of fused-ring (bicyclic) bond motifs is 3. The Kier molecular flexibility index (Phi) is 4.80. The van der Waals surface area contributed by atoms with E-state index in [0.29, 0.717) is 12.6 Å². The molecular formula is C21H22BrNO2. The number of rotatable bonds is 4. The Hall–Kier alpha value is -1.81. The standard InChI is InChI=1S/C21H22BrNO2/c22-12-11-15-6-5-13-23(15)21(24)25-14-20-18-9-3-1-7-16(18)17-8-2-4-10-19(17)20/h1-4,7-10,15,20H,5-6,11-14H2/t15-/m1/s1. The van der Waals surface area contributed by atoms with E-state index in [1.165, 1.54) is 22.3 Å². The highest BCUT2D eigenvalue weighted by Crippen LogP contribution is 2.44. The van der Waals surface area contributed by atoms with E-state index < -0.39 is 0 Å². The summed E-state index contributed by atoms with van der Waals surface area (Å²) in [6.45, 7) is 1.22. The molecule has 25 heavy (non-hydrogen) atoms. The van der Waals surface area contributed by atoms with Gasteiger partial charge in [-0.1, -0.05) is 64.5 Å². The van der Waals surface area contributed by atoms with Crippen LogP contribution in [0.2, 0.25) is 0 Å². The van der Waals surface area contributed by atoms with Crippen LogP contribution in [-0.2, 0) is 4.74 Å². The fraction of sp³-hybridized carbons (Fsp3) is 0.381. The summed E-state index contributed by atoms with van der Waals surface area (Å²) < 4.78 is 5.77. The highest BCUT2D eigenvalue weighted by Gasteiger charge is 2.32. The van der Waals surface area contributed by atoms with Gasteiger partial charge in [0.05, 0.1) is 0 Å². The van der Waals surface area contributed by atoms with Crippen molar-refractivity contribution < 1.29 is 9.53 Å². The summed E-state index contributed by atoms with van der Waals surface area (Å²) in [5.41, 5.74) is 5.04. The molecule has 2 aromatic rings. The molecule has 0 radical (unpaired) electrons. The average Bonchev–Trinajstić information content (AvgIpc) is 3.23. The lowest BCUT2D eigenvalue weighted by Gasteiger charge is -2.24. The van der Waals surface area contributed by atoms with Gasteiger partial charge in [0.1, 0.15) is 6.61 Å². The number of likely N-dealkylation sites (tertiary alicyclic amines) is 1. The van der Waals surface area contributed by atoms with Crippen LogP contribution in [-0.4, -0.2) is 35.5 Å². The molecule has 4 rings (SSSR count). The Morgan fingerprint density at radius 3 is 2.36 bits per heavy atom. The van der Waals surface area contributed by atoms with Gasteiger partial charge in [-0.2, -0.15) is 0 Å². The van der Waals surface area contributed by atoms with E-state index in [9.17, 15) is 4.79 Å². The monoisotopic (exact) mass is 399 g/mol. The van der Waals surface area contributed by atoms with Crippen molar-refractivity contribution in [2.45, 2.75) is 31.2 Å². The molecule has 0 unspecified atom stereocenters. The molecule has 2 aliphatic rings. The number of halogens is 1. The maximum absolute atomic E-state index is 12.6. The zero-order valence-corrected chi connectivity index (χ0v) is 15.7. The second-order valence-corrected chi connectivity index (χ2v) is 7.56. The molecule has 0 N–H and O–H groups in total. The molecule has 2 aromatic carbocycles. The number of benzene rings is 2. The largest absolute Gasteiger partial charge is 0.448 e. The van der Waals surface area contributed by atoms with Crippen molar-refractivity contribution in [3.8, 4) is 11.1 Å². The lowest BCUT2D eigenvalue weighted by Crippen LogP contribution is -2.36. The fourth-order valence-corrected chi connectivity index (χ4v) is 4.71. The highest BCUT2D eigenvalue weighted by molar-refractivity contribution is 9.09. The minimum absolute atomic E-state index is 0.133. The SMILES string of the molecule is O=C(OCC1c2ccccc2-c2ccccc21)N1CCC[C@@H]1CCBr. The first-order valence-electron chi connectivity index (χ1n) is 8.97. The molecular weight excluding hydrogens is 378 g/mol. The second-order valence-electron chi connectivity index (χ2n) is 6.77. The third-order valence-electron chi connectivity index (χ3n) is 5.39. The van der Waals surface area contributed by atoms with Crippen LogP contribution in [0.25, 0.3) is 11.1 Å². The van der Waals surface area contributed by atoms with Crippen LogP contribution in [0.4, 0.5) is 4.79 Å². The first kappa shape index (κ1) is 16.6. The molecule has 1 amide bonds. The molecule has 1 aliphatic carbocycles. The zero-order chi connectivity index (χ0) is 17.2.